The van der Waals surface area contributed by atoms with E-state index in [0.717, 1.165) is 0 Å². The van der Waals surface area contributed by atoms with E-state index in [1.807, 2.05) is 0 Å². The average molecular weight is 349 g/mol. The molecule has 2 heterocycles. The highest BCUT2D eigenvalue weighted by Crippen LogP contribution is 2.25. The molecule has 1 saturated heterocycles. The van der Waals surface area contributed by atoms with Crippen molar-refractivity contribution in [2.45, 2.75) is 17.9 Å². The Morgan fingerprint density at radius 1 is 1.25 bits per heavy atom. The third-order valence-electron chi connectivity index (χ3n) is 4.05. The van der Waals surface area contributed by atoms with Crippen LogP contribution in [-0.4, -0.2) is 44.7 Å². The van der Waals surface area contributed by atoms with Crippen molar-refractivity contribution >= 4 is 15.7 Å². The number of carbonyl (C=O) groups is 1. The van der Waals surface area contributed by atoms with E-state index >= 15 is 0 Å². The molecule has 1 fully saturated rings. The van der Waals surface area contributed by atoms with Crippen LogP contribution in [0.3, 0.4) is 0 Å². The average Bonchev–Trinajstić information content (AvgIpc) is 3.16. The summed E-state index contributed by atoms with van der Waals surface area (Å²) in [5.41, 5.74) is 0.208. The fraction of sp³-hybridized carbons (Fsp3) is 0.353. The predicted molar refractivity (Wildman–Crippen MR) is 87.5 cm³/mol. The van der Waals surface area contributed by atoms with E-state index in [1.165, 1.54) is 6.07 Å². The smallest absolute Gasteiger partial charge is 0.255 e. The second-order valence-corrected chi connectivity index (χ2v) is 7.77. The molecule has 0 saturated carbocycles. The zero-order chi connectivity index (χ0) is 17.2. The van der Waals surface area contributed by atoms with Crippen molar-refractivity contribution < 1.29 is 22.4 Å². The van der Waals surface area contributed by atoms with E-state index in [9.17, 15) is 13.2 Å². The first-order valence-electron chi connectivity index (χ1n) is 7.79. The molecule has 0 bridgehead atoms. The van der Waals surface area contributed by atoms with Gasteiger partial charge in [0.05, 0.1) is 35.6 Å². The molecule has 1 atom stereocenters. The molecule has 128 valence electrons. The molecule has 0 spiro atoms. The van der Waals surface area contributed by atoms with Gasteiger partial charge in [0.1, 0.15) is 11.9 Å². The summed E-state index contributed by atoms with van der Waals surface area (Å²) in [6.45, 7) is 2.68. The van der Waals surface area contributed by atoms with Crippen LogP contribution in [0.25, 0.3) is 0 Å². The number of furan rings is 1. The van der Waals surface area contributed by atoms with E-state index in [1.54, 1.807) is 48.4 Å². The van der Waals surface area contributed by atoms with Crippen molar-refractivity contribution in [3.05, 3.63) is 54.0 Å². The maximum absolute atomic E-state index is 12.9. The van der Waals surface area contributed by atoms with Gasteiger partial charge in [0.25, 0.3) is 5.91 Å². The highest BCUT2D eigenvalue weighted by molar-refractivity contribution is 7.91. The summed E-state index contributed by atoms with van der Waals surface area (Å²) in [5.74, 6) is 0.305. The molecule has 1 unspecified atom stereocenters. The minimum atomic E-state index is -3.47. The third kappa shape index (κ3) is 3.22. The van der Waals surface area contributed by atoms with Gasteiger partial charge in [-0.2, -0.15) is 0 Å². The molecular formula is C17H19NO5S. The largest absolute Gasteiger partial charge is 0.467 e. The van der Waals surface area contributed by atoms with Crippen molar-refractivity contribution in [1.29, 1.82) is 0 Å². The van der Waals surface area contributed by atoms with Gasteiger partial charge in [0.15, 0.2) is 9.84 Å². The fourth-order valence-electron chi connectivity index (χ4n) is 2.72. The summed E-state index contributed by atoms with van der Waals surface area (Å²) >= 11 is 0. The van der Waals surface area contributed by atoms with Gasteiger partial charge in [-0.3, -0.25) is 4.79 Å². The second-order valence-electron chi connectivity index (χ2n) is 5.53. The van der Waals surface area contributed by atoms with Gasteiger partial charge in [0.2, 0.25) is 0 Å². The first kappa shape index (κ1) is 16.7. The second kappa shape index (κ2) is 6.78. The van der Waals surface area contributed by atoms with E-state index < -0.39 is 9.84 Å². The Kier molecular flexibility index (Phi) is 4.73. The highest BCUT2D eigenvalue weighted by Gasteiger charge is 2.30. The van der Waals surface area contributed by atoms with E-state index in [2.05, 4.69) is 0 Å². The van der Waals surface area contributed by atoms with Gasteiger partial charge in [-0.15, -0.1) is 0 Å². The van der Waals surface area contributed by atoms with Crippen LogP contribution in [-0.2, 0) is 14.6 Å². The molecule has 7 heteroatoms. The fourth-order valence-corrected chi connectivity index (χ4v) is 3.81. The van der Waals surface area contributed by atoms with Gasteiger partial charge in [-0.05, 0) is 24.3 Å². The van der Waals surface area contributed by atoms with Crippen molar-refractivity contribution in [2.24, 2.45) is 0 Å². The number of sulfone groups is 1. The van der Waals surface area contributed by atoms with Crippen molar-refractivity contribution in [1.82, 2.24) is 4.90 Å². The lowest BCUT2D eigenvalue weighted by Gasteiger charge is -2.32. The number of hydrogen-bond donors (Lipinski definition) is 0. The number of rotatable bonds is 4. The van der Waals surface area contributed by atoms with E-state index in [4.69, 9.17) is 9.15 Å². The Morgan fingerprint density at radius 3 is 2.75 bits per heavy atom. The minimum Gasteiger partial charge on any atom is -0.467 e. The van der Waals surface area contributed by atoms with E-state index in [-0.39, 0.29) is 28.2 Å². The normalized spacial score (nSPS) is 18.5. The number of ether oxygens (including phenoxy) is 1. The molecule has 1 aliphatic heterocycles. The first-order valence-corrected chi connectivity index (χ1v) is 9.44. The SMILES string of the molecule is CCS(=O)(=O)c1ccccc1C(=O)N1CCOC(c2ccco2)C1. The zero-order valence-corrected chi connectivity index (χ0v) is 14.2. The molecule has 2 aromatic rings. The molecule has 0 aliphatic carbocycles. The van der Waals surface area contributed by atoms with E-state index in [0.29, 0.717) is 25.5 Å². The number of carbonyl (C=O) groups excluding carboxylic acids is 1. The molecule has 1 amide bonds. The molecule has 1 aromatic carbocycles. The summed E-state index contributed by atoms with van der Waals surface area (Å²) < 4.78 is 35.5. The highest BCUT2D eigenvalue weighted by atomic mass is 32.2. The van der Waals surface area contributed by atoms with Gasteiger partial charge >= 0.3 is 0 Å². The third-order valence-corrected chi connectivity index (χ3v) is 5.83. The molecule has 3 rings (SSSR count). The topological polar surface area (TPSA) is 76.8 Å². The molecule has 1 aromatic heterocycles. The summed E-state index contributed by atoms with van der Waals surface area (Å²) in [5, 5.41) is 0. The van der Waals surface area contributed by atoms with Crippen LogP contribution < -0.4 is 0 Å². The summed E-state index contributed by atoms with van der Waals surface area (Å²) in [6, 6.07) is 9.91. The maximum Gasteiger partial charge on any atom is 0.255 e. The van der Waals surface area contributed by atoms with Gasteiger partial charge < -0.3 is 14.1 Å². The Bertz CT molecular complexity index is 813. The summed E-state index contributed by atoms with van der Waals surface area (Å²) in [4.78, 5) is 14.6. The monoisotopic (exact) mass is 349 g/mol. The maximum atomic E-state index is 12.9. The number of amides is 1. The lowest BCUT2D eigenvalue weighted by atomic mass is 10.1. The van der Waals surface area contributed by atoms with Crippen molar-refractivity contribution in [3.63, 3.8) is 0 Å². The van der Waals surface area contributed by atoms with Gasteiger partial charge in [-0.25, -0.2) is 8.42 Å². The van der Waals surface area contributed by atoms with Crippen LogP contribution >= 0.6 is 0 Å². The lowest BCUT2D eigenvalue weighted by molar-refractivity contribution is -0.0322. The molecule has 0 N–H and O–H groups in total. The quantitative estimate of drug-likeness (QED) is 0.846. The predicted octanol–water partition coefficient (Wildman–Crippen LogP) is 2.29. The minimum absolute atomic E-state index is 0.0462. The molecule has 6 nitrogen and oxygen atoms in total. The lowest BCUT2D eigenvalue weighted by Crippen LogP contribution is -2.42. The Morgan fingerprint density at radius 2 is 2.04 bits per heavy atom. The Labute approximate surface area is 140 Å². The van der Waals surface area contributed by atoms with Gasteiger partial charge in [-0.1, -0.05) is 19.1 Å². The molecule has 1 aliphatic rings. The number of hydrogen-bond acceptors (Lipinski definition) is 5. The molecule has 0 radical (unpaired) electrons. The molecule has 24 heavy (non-hydrogen) atoms. The van der Waals surface area contributed by atoms with Crippen LogP contribution in [0.15, 0.2) is 52.0 Å². The van der Waals surface area contributed by atoms with Crippen molar-refractivity contribution in [3.8, 4) is 0 Å². The zero-order valence-electron chi connectivity index (χ0n) is 13.3. The van der Waals surface area contributed by atoms with Crippen LogP contribution in [0, 0.1) is 0 Å². The number of morpholine rings is 1. The standard InChI is InChI=1S/C17H19NO5S/c1-2-24(20,21)16-8-4-3-6-13(16)17(19)18-9-11-23-15(12-18)14-7-5-10-22-14/h3-8,10,15H,2,9,11-12H2,1H3. The Hall–Kier alpha value is -2.12. The number of benzene rings is 1. The Balaban J connectivity index is 1.87. The molecular weight excluding hydrogens is 330 g/mol. The van der Waals surface area contributed by atoms with Crippen LogP contribution in [0.2, 0.25) is 0 Å². The van der Waals surface area contributed by atoms with Crippen LogP contribution in [0.5, 0.6) is 0 Å². The first-order chi connectivity index (χ1) is 11.5. The summed E-state index contributed by atoms with van der Waals surface area (Å²) in [6.07, 6.45) is 1.22. The number of nitrogens with zero attached hydrogens (tertiary/aromatic N) is 1. The van der Waals surface area contributed by atoms with Crippen LogP contribution in [0.1, 0.15) is 29.1 Å². The summed E-state index contributed by atoms with van der Waals surface area (Å²) in [7, 11) is -3.47. The van der Waals surface area contributed by atoms with Gasteiger partial charge in [0, 0.05) is 6.54 Å². The van der Waals surface area contributed by atoms with Crippen molar-refractivity contribution in [2.75, 3.05) is 25.4 Å². The van der Waals surface area contributed by atoms with Crippen LogP contribution in [0.4, 0.5) is 0 Å².